The third-order valence-electron chi connectivity index (χ3n) is 3.09. The molecule has 0 amide bonds. The second-order valence-electron chi connectivity index (χ2n) is 4.40. The Labute approximate surface area is 113 Å². The van der Waals surface area contributed by atoms with Gasteiger partial charge in [0.05, 0.1) is 5.02 Å². The van der Waals surface area contributed by atoms with Crippen LogP contribution in [0.5, 0.6) is 0 Å². The third-order valence-corrected chi connectivity index (χ3v) is 3.38. The fraction of sp³-hybridized carbons (Fsp3) is 0.500. The van der Waals surface area contributed by atoms with Crippen LogP contribution >= 0.6 is 11.6 Å². The number of hydrogen-bond donors (Lipinski definition) is 1. The Morgan fingerprint density at radius 3 is 2.37 bits per heavy atom. The highest BCUT2D eigenvalue weighted by atomic mass is 35.5. The summed E-state index contributed by atoms with van der Waals surface area (Å²) in [4.78, 5) is 1.33. The Morgan fingerprint density at radius 1 is 1.21 bits per heavy atom. The lowest BCUT2D eigenvalue weighted by Gasteiger charge is -2.36. The van der Waals surface area contributed by atoms with E-state index in [1.54, 1.807) is 0 Å². The molecular weight excluding hydrogens is 284 g/mol. The molecule has 1 saturated heterocycles. The highest BCUT2D eigenvalue weighted by molar-refractivity contribution is 6.30. The molecule has 1 aromatic carbocycles. The molecule has 0 saturated carbocycles. The summed E-state index contributed by atoms with van der Waals surface area (Å²) in [5.74, 6) is -0.716. The van der Waals surface area contributed by atoms with Crippen molar-refractivity contribution in [3.8, 4) is 0 Å². The molecule has 1 aromatic rings. The summed E-state index contributed by atoms with van der Waals surface area (Å²) < 4.78 is 52.7. The van der Waals surface area contributed by atoms with Gasteiger partial charge in [0, 0.05) is 26.2 Å². The van der Waals surface area contributed by atoms with Crippen molar-refractivity contribution in [2.24, 2.45) is 0 Å². The maximum Gasteiger partial charge on any atom is 0.408 e. The van der Waals surface area contributed by atoms with Crippen molar-refractivity contribution in [1.29, 1.82) is 0 Å². The minimum atomic E-state index is -4.42. The van der Waals surface area contributed by atoms with E-state index in [1.807, 2.05) is 0 Å². The molecule has 1 aliphatic rings. The Bertz CT molecular complexity index is 444. The second-order valence-corrected chi connectivity index (χ2v) is 4.81. The van der Waals surface area contributed by atoms with E-state index in [-0.39, 0.29) is 10.6 Å². The zero-order chi connectivity index (χ0) is 14.0. The van der Waals surface area contributed by atoms with Gasteiger partial charge in [0.1, 0.15) is 11.9 Å². The average Bonchev–Trinajstić information content (AvgIpc) is 2.34. The van der Waals surface area contributed by atoms with Crippen molar-refractivity contribution in [3.63, 3.8) is 0 Å². The Balaban J connectivity index is 2.33. The summed E-state index contributed by atoms with van der Waals surface area (Å²) in [5.41, 5.74) is -0.0270. The molecule has 1 aliphatic heterocycles. The van der Waals surface area contributed by atoms with Crippen LogP contribution in [0.15, 0.2) is 18.2 Å². The van der Waals surface area contributed by atoms with Crippen LogP contribution in [-0.2, 0) is 0 Å². The minimum absolute atomic E-state index is 0.0270. The van der Waals surface area contributed by atoms with Gasteiger partial charge in [0.25, 0.3) is 0 Å². The fourth-order valence-electron chi connectivity index (χ4n) is 2.23. The number of hydrogen-bond acceptors (Lipinski definition) is 2. The number of benzene rings is 1. The Morgan fingerprint density at radius 2 is 1.84 bits per heavy atom. The van der Waals surface area contributed by atoms with Gasteiger partial charge >= 0.3 is 6.18 Å². The average molecular weight is 297 g/mol. The van der Waals surface area contributed by atoms with Crippen LogP contribution in [0.4, 0.5) is 17.6 Å². The van der Waals surface area contributed by atoms with Gasteiger partial charge in [0.2, 0.25) is 0 Å². The van der Waals surface area contributed by atoms with E-state index < -0.39 is 18.0 Å². The summed E-state index contributed by atoms with van der Waals surface area (Å²) >= 11 is 5.57. The number of alkyl halides is 3. The van der Waals surface area contributed by atoms with Crippen molar-refractivity contribution in [3.05, 3.63) is 34.6 Å². The Kier molecular flexibility index (Phi) is 4.32. The van der Waals surface area contributed by atoms with Crippen LogP contribution in [0.1, 0.15) is 11.6 Å². The number of nitrogens with one attached hydrogen (secondary N) is 1. The molecule has 0 spiro atoms. The lowest BCUT2D eigenvalue weighted by atomic mass is 10.0. The maximum atomic E-state index is 13.2. The van der Waals surface area contributed by atoms with E-state index in [1.165, 1.54) is 4.90 Å². The summed E-state index contributed by atoms with van der Waals surface area (Å²) in [6.07, 6.45) is -4.42. The summed E-state index contributed by atoms with van der Waals surface area (Å²) in [7, 11) is 0. The molecule has 0 unspecified atom stereocenters. The molecule has 106 valence electrons. The van der Waals surface area contributed by atoms with Crippen molar-refractivity contribution in [2.45, 2.75) is 12.2 Å². The van der Waals surface area contributed by atoms with Gasteiger partial charge in [-0.15, -0.1) is 0 Å². The molecule has 0 aliphatic carbocycles. The molecule has 0 aromatic heterocycles. The molecule has 0 radical (unpaired) electrons. The standard InChI is InChI=1S/C12H13ClF4N2/c13-9-7-8(1-2-10(9)14)11(12(15,16)17)19-5-3-18-4-6-19/h1-2,7,11,18H,3-6H2/t11-/m1/s1. The summed E-state index contributed by atoms with van der Waals surface area (Å²) in [5, 5.41) is 2.71. The van der Waals surface area contributed by atoms with Gasteiger partial charge in [-0.3, -0.25) is 4.90 Å². The van der Waals surface area contributed by atoms with Gasteiger partial charge in [-0.1, -0.05) is 17.7 Å². The first-order valence-corrected chi connectivity index (χ1v) is 6.24. The molecule has 1 atom stereocenters. The van der Waals surface area contributed by atoms with E-state index in [4.69, 9.17) is 11.6 Å². The normalized spacial score (nSPS) is 19.4. The van der Waals surface area contributed by atoms with E-state index in [2.05, 4.69) is 5.32 Å². The first kappa shape index (κ1) is 14.6. The van der Waals surface area contributed by atoms with E-state index in [0.29, 0.717) is 26.2 Å². The van der Waals surface area contributed by atoms with Gasteiger partial charge < -0.3 is 5.32 Å². The highest BCUT2D eigenvalue weighted by Gasteiger charge is 2.45. The zero-order valence-corrected chi connectivity index (χ0v) is 10.7. The molecule has 7 heteroatoms. The molecule has 1 N–H and O–H groups in total. The van der Waals surface area contributed by atoms with Crippen LogP contribution in [0.25, 0.3) is 0 Å². The molecule has 2 rings (SSSR count). The topological polar surface area (TPSA) is 15.3 Å². The van der Waals surface area contributed by atoms with E-state index >= 15 is 0 Å². The van der Waals surface area contributed by atoms with Gasteiger partial charge in [-0.2, -0.15) is 13.2 Å². The van der Waals surface area contributed by atoms with Crippen LogP contribution in [-0.4, -0.2) is 37.3 Å². The highest BCUT2D eigenvalue weighted by Crippen LogP contribution is 2.38. The molecule has 0 bridgehead atoms. The summed E-state index contributed by atoms with van der Waals surface area (Å²) in [6.45, 7) is 1.58. The largest absolute Gasteiger partial charge is 0.408 e. The maximum absolute atomic E-state index is 13.2. The van der Waals surface area contributed by atoms with Gasteiger partial charge in [0.15, 0.2) is 0 Å². The first-order valence-electron chi connectivity index (χ1n) is 5.86. The third kappa shape index (κ3) is 3.38. The number of nitrogens with zero attached hydrogens (tertiary/aromatic N) is 1. The van der Waals surface area contributed by atoms with Gasteiger partial charge in [-0.05, 0) is 17.7 Å². The second kappa shape index (κ2) is 5.64. The summed E-state index contributed by atoms with van der Waals surface area (Å²) in [6, 6.07) is 1.42. The Hall–Kier alpha value is -0.850. The number of rotatable bonds is 2. The van der Waals surface area contributed by atoms with E-state index in [0.717, 1.165) is 18.2 Å². The molecule has 1 heterocycles. The molecular formula is C12H13ClF4N2. The number of halogens is 5. The minimum Gasteiger partial charge on any atom is -0.314 e. The SMILES string of the molecule is Fc1ccc([C@@H](N2CCNCC2)C(F)(F)F)cc1Cl. The predicted octanol–water partition coefficient (Wildman–Crippen LogP) is 2.99. The lowest BCUT2D eigenvalue weighted by molar-refractivity contribution is -0.187. The number of piperazine rings is 1. The van der Waals surface area contributed by atoms with Crippen LogP contribution in [0.3, 0.4) is 0 Å². The van der Waals surface area contributed by atoms with Crippen molar-refractivity contribution >= 4 is 11.6 Å². The predicted molar refractivity (Wildman–Crippen MR) is 64.6 cm³/mol. The zero-order valence-electron chi connectivity index (χ0n) is 9.97. The molecule has 1 fully saturated rings. The monoisotopic (exact) mass is 296 g/mol. The fourth-order valence-corrected chi connectivity index (χ4v) is 2.42. The van der Waals surface area contributed by atoms with Crippen LogP contribution < -0.4 is 5.32 Å². The van der Waals surface area contributed by atoms with E-state index in [9.17, 15) is 17.6 Å². The molecule has 2 nitrogen and oxygen atoms in total. The quantitative estimate of drug-likeness (QED) is 0.844. The lowest BCUT2D eigenvalue weighted by Crippen LogP contribution is -2.49. The van der Waals surface area contributed by atoms with Crippen molar-refractivity contribution in [1.82, 2.24) is 10.2 Å². The smallest absolute Gasteiger partial charge is 0.314 e. The van der Waals surface area contributed by atoms with Crippen molar-refractivity contribution < 1.29 is 17.6 Å². The van der Waals surface area contributed by atoms with Crippen LogP contribution in [0, 0.1) is 5.82 Å². The first-order chi connectivity index (χ1) is 8.89. The molecule has 19 heavy (non-hydrogen) atoms. The van der Waals surface area contributed by atoms with Crippen LogP contribution in [0.2, 0.25) is 5.02 Å². The van der Waals surface area contributed by atoms with Gasteiger partial charge in [-0.25, -0.2) is 4.39 Å². The van der Waals surface area contributed by atoms with Crippen molar-refractivity contribution in [2.75, 3.05) is 26.2 Å².